The summed E-state index contributed by atoms with van der Waals surface area (Å²) in [4.78, 5) is 4.10. The van der Waals surface area contributed by atoms with Crippen molar-refractivity contribution in [3.63, 3.8) is 0 Å². The molecule has 0 amide bonds. The van der Waals surface area contributed by atoms with Gasteiger partial charge in [-0.3, -0.25) is 0 Å². The molecule has 0 fully saturated rings. The summed E-state index contributed by atoms with van der Waals surface area (Å²) in [6.45, 7) is 1.02. The first kappa shape index (κ1) is 11.1. The summed E-state index contributed by atoms with van der Waals surface area (Å²) in [5, 5.41) is 0.136. The standard InChI is InChI=1S/C11H11ClFN3/c12-10-3-8(1-2-11(10)13)5-16-6-9(4-14)15-7-16/h1-3,6-7H,4-5,14H2. The van der Waals surface area contributed by atoms with Gasteiger partial charge in [0, 0.05) is 19.3 Å². The molecule has 84 valence electrons. The van der Waals surface area contributed by atoms with Gasteiger partial charge in [0.15, 0.2) is 0 Å². The van der Waals surface area contributed by atoms with Crippen LogP contribution in [0.5, 0.6) is 0 Å². The van der Waals surface area contributed by atoms with Crippen LogP contribution < -0.4 is 5.73 Å². The molecule has 3 nitrogen and oxygen atoms in total. The van der Waals surface area contributed by atoms with E-state index in [1.54, 1.807) is 18.5 Å². The molecular weight excluding hydrogens is 229 g/mol. The zero-order chi connectivity index (χ0) is 11.5. The molecule has 0 aliphatic heterocycles. The number of nitrogens with two attached hydrogens (primary N) is 1. The van der Waals surface area contributed by atoms with Gasteiger partial charge in [-0.15, -0.1) is 0 Å². The monoisotopic (exact) mass is 239 g/mol. The normalized spacial score (nSPS) is 10.7. The van der Waals surface area contributed by atoms with E-state index in [1.165, 1.54) is 6.07 Å². The lowest BCUT2D eigenvalue weighted by Gasteiger charge is -2.03. The Morgan fingerprint density at radius 1 is 1.44 bits per heavy atom. The van der Waals surface area contributed by atoms with Crippen molar-refractivity contribution in [2.75, 3.05) is 0 Å². The lowest BCUT2D eigenvalue weighted by molar-refractivity contribution is 0.626. The average Bonchev–Trinajstić information content (AvgIpc) is 2.71. The minimum absolute atomic E-state index is 0.136. The summed E-state index contributed by atoms with van der Waals surface area (Å²) < 4.78 is 14.8. The van der Waals surface area contributed by atoms with Crippen LogP contribution in [0.15, 0.2) is 30.7 Å². The zero-order valence-electron chi connectivity index (χ0n) is 8.53. The van der Waals surface area contributed by atoms with E-state index in [-0.39, 0.29) is 5.02 Å². The van der Waals surface area contributed by atoms with E-state index in [2.05, 4.69) is 4.98 Å². The van der Waals surface area contributed by atoms with Crippen molar-refractivity contribution in [3.8, 4) is 0 Å². The molecule has 1 aromatic carbocycles. The Hall–Kier alpha value is -1.39. The van der Waals surface area contributed by atoms with Crippen LogP contribution in [0.25, 0.3) is 0 Å². The zero-order valence-corrected chi connectivity index (χ0v) is 9.28. The molecule has 2 N–H and O–H groups in total. The predicted molar refractivity (Wildman–Crippen MR) is 60.6 cm³/mol. The van der Waals surface area contributed by atoms with Crippen molar-refractivity contribution >= 4 is 11.6 Å². The lowest BCUT2D eigenvalue weighted by atomic mass is 10.2. The number of rotatable bonds is 3. The molecule has 2 rings (SSSR count). The lowest BCUT2D eigenvalue weighted by Crippen LogP contribution is -1.98. The molecule has 1 heterocycles. The van der Waals surface area contributed by atoms with E-state index in [1.807, 2.05) is 10.8 Å². The number of aromatic nitrogens is 2. The second-order valence-electron chi connectivity index (χ2n) is 3.49. The van der Waals surface area contributed by atoms with Gasteiger partial charge >= 0.3 is 0 Å². The Morgan fingerprint density at radius 2 is 2.25 bits per heavy atom. The van der Waals surface area contributed by atoms with Gasteiger partial charge in [-0.2, -0.15) is 0 Å². The topological polar surface area (TPSA) is 43.8 Å². The van der Waals surface area contributed by atoms with E-state index >= 15 is 0 Å². The predicted octanol–water partition coefficient (Wildman–Crippen LogP) is 2.18. The van der Waals surface area contributed by atoms with Gasteiger partial charge in [-0.1, -0.05) is 17.7 Å². The van der Waals surface area contributed by atoms with E-state index < -0.39 is 5.82 Å². The molecule has 16 heavy (non-hydrogen) atoms. The van der Waals surface area contributed by atoms with E-state index in [0.717, 1.165) is 11.3 Å². The number of hydrogen-bond donors (Lipinski definition) is 1. The Kier molecular flexibility index (Phi) is 3.22. The molecule has 0 radical (unpaired) electrons. The number of benzene rings is 1. The van der Waals surface area contributed by atoms with Crippen LogP contribution in [0.4, 0.5) is 4.39 Å². The maximum atomic E-state index is 12.9. The fraction of sp³-hybridized carbons (Fsp3) is 0.182. The van der Waals surface area contributed by atoms with Gasteiger partial charge in [0.25, 0.3) is 0 Å². The van der Waals surface area contributed by atoms with Crippen LogP contribution in [0.3, 0.4) is 0 Å². The fourth-order valence-electron chi connectivity index (χ4n) is 1.45. The molecule has 0 unspecified atom stereocenters. The number of nitrogens with zero attached hydrogens (tertiary/aromatic N) is 2. The van der Waals surface area contributed by atoms with Crippen LogP contribution in [0, 0.1) is 5.82 Å². The van der Waals surface area contributed by atoms with Crippen LogP contribution in [-0.4, -0.2) is 9.55 Å². The smallest absolute Gasteiger partial charge is 0.141 e. The Morgan fingerprint density at radius 3 is 2.88 bits per heavy atom. The number of halogens is 2. The maximum absolute atomic E-state index is 12.9. The molecule has 0 bridgehead atoms. The minimum Gasteiger partial charge on any atom is -0.333 e. The third-order valence-electron chi connectivity index (χ3n) is 2.25. The highest BCUT2D eigenvalue weighted by molar-refractivity contribution is 6.30. The average molecular weight is 240 g/mol. The SMILES string of the molecule is NCc1cn(Cc2ccc(F)c(Cl)c2)cn1. The van der Waals surface area contributed by atoms with Gasteiger partial charge < -0.3 is 10.3 Å². The van der Waals surface area contributed by atoms with Crippen LogP contribution in [-0.2, 0) is 13.1 Å². The van der Waals surface area contributed by atoms with Gasteiger partial charge in [0.05, 0.1) is 17.0 Å². The molecule has 0 atom stereocenters. The van der Waals surface area contributed by atoms with Crippen LogP contribution in [0.1, 0.15) is 11.3 Å². The summed E-state index contributed by atoms with van der Waals surface area (Å²) >= 11 is 5.69. The van der Waals surface area contributed by atoms with Gasteiger partial charge in [0.1, 0.15) is 5.82 Å². The molecule has 0 aliphatic rings. The van der Waals surface area contributed by atoms with Gasteiger partial charge in [0.2, 0.25) is 0 Å². The quantitative estimate of drug-likeness (QED) is 0.892. The van der Waals surface area contributed by atoms with Crippen molar-refractivity contribution in [2.45, 2.75) is 13.1 Å². The Bertz CT molecular complexity index is 496. The van der Waals surface area contributed by atoms with E-state index in [0.29, 0.717) is 13.1 Å². The largest absolute Gasteiger partial charge is 0.333 e. The first-order valence-electron chi connectivity index (χ1n) is 4.83. The highest BCUT2D eigenvalue weighted by Crippen LogP contribution is 2.16. The van der Waals surface area contributed by atoms with Gasteiger partial charge in [-0.05, 0) is 17.7 Å². The van der Waals surface area contributed by atoms with Crippen molar-refractivity contribution in [3.05, 3.63) is 52.8 Å². The molecule has 1 aromatic heterocycles. The summed E-state index contributed by atoms with van der Waals surface area (Å²) in [5.41, 5.74) is 7.20. The highest BCUT2D eigenvalue weighted by atomic mass is 35.5. The van der Waals surface area contributed by atoms with E-state index in [9.17, 15) is 4.39 Å². The second kappa shape index (κ2) is 4.63. The summed E-state index contributed by atoms with van der Waals surface area (Å²) in [6, 6.07) is 4.67. The Balaban J connectivity index is 2.17. The molecule has 0 aliphatic carbocycles. The minimum atomic E-state index is -0.404. The first-order chi connectivity index (χ1) is 7.69. The Labute approximate surface area is 97.7 Å². The fourth-order valence-corrected chi connectivity index (χ4v) is 1.65. The molecule has 0 saturated carbocycles. The van der Waals surface area contributed by atoms with Crippen molar-refractivity contribution in [2.24, 2.45) is 5.73 Å². The number of imidazole rings is 1. The third-order valence-corrected chi connectivity index (χ3v) is 2.53. The first-order valence-corrected chi connectivity index (χ1v) is 5.21. The number of hydrogen-bond acceptors (Lipinski definition) is 2. The molecular formula is C11H11ClFN3. The molecule has 0 saturated heterocycles. The summed E-state index contributed by atoms with van der Waals surface area (Å²) in [7, 11) is 0. The third kappa shape index (κ3) is 2.40. The van der Waals surface area contributed by atoms with Crippen molar-refractivity contribution in [1.82, 2.24) is 9.55 Å². The molecule has 2 aromatic rings. The molecule has 5 heteroatoms. The summed E-state index contributed by atoms with van der Waals surface area (Å²) in [6.07, 6.45) is 3.55. The highest BCUT2D eigenvalue weighted by Gasteiger charge is 2.02. The van der Waals surface area contributed by atoms with Crippen molar-refractivity contribution in [1.29, 1.82) is 0 Å². The van der Waals surface area contributed by atoms with Gasteiger partial charge in [-0.25, -0.2) is 9.37 Å². The maximum Gasteiger partial charge on any atom is 0.141 e. The van der Waals surface area contributed by atoms with Crippen LogP contribution >= 0.6 is 11.6 Å². The van der Waals surface area contributed by atoms with Crippen molar-refractivity contribution < 1.29 is 4.39 Å². The summed E-state index contributed by atoms with van der Waals surface area (Å²) in [5.74, 6) is -0.404. The van der Waals surface area contributed by atoms with Crippen LogP contribution in [0.2, 0.25) is 5.02 Å². The molecule has 0 spiro atoms. The second-order valence-corrected chi connectivity index (χ2v) is 3.90. The van der Waals surface area contributed by atoms with E-state index in [4.69, 9.17) is 17.3 Å².